The minimum atomic E-state index is -0.510. The van der Waals surface area contributed by atoms with Gasteiger partial charge in [0.25, 0.3) is 0 Å². The number of nitrogens with zero attached hydrogens (tertiary/aromatic N) is 2. The number of aryl methyl sites for hydroxylation is 3. The normalized spacial score (nSPS) is 28.8. The summed E-state index contributed by atoms with van der Waals surface area (Å²) in [6.07, 6.45) is 2.59. The van der Waals surface area contributed by atoms with Gasteiger partial charge in [-0.3, -0.25) is 9.78 Å². The molecular formula is C26H32N2O3. The summed E-state index contributed by atoms with van der Waals surface area (Å²) < 4.78 is 6.20. The van der Waals surface area contributed by atoms with Crippen LogP contribution in [0.1, 0.15) is 48.2 Å². The highest BCUT2D eigenvalue weighted by atomic mass is 16.5. The highest BCUT2D eigenvalue weighted by Crippen LogP contribution is 2.51. The van der Waals surface area contributed by atoms with Crippen molar-refractivity contribution in [3.63, 3.8) is 0 Å². The van der Waals surface area contributed by atoms with Crippen molar-refractivity contribution in [3.8, 4) is 5.75 Å². The average Bonchev–Trinajstić information content (AvgIpc) is 3.45. The van der Waals surface area contributed by atoms with Gasteiger partial charge in [-0.05, 0) is 76.0 Å². The van der Waals surface area contributed by atoms with Gasteiger partial charge >= 0.3 is 0 Å². The van der Waals surface area contributed by atoms with E-state index in [1.807, 2.05) is 26.0 Å². The number of rotatable bonds is 4. The summed E-state index contributed by atoms with van der Waals surface area (Å²) in [6, 6.07) is 12.3. The van der Waals surface area contributed by atoms with Gasteiger partial charge in [0.05, 0.1) is 17.2 Å². The van der Waals surface area contributed by atoms with Gasteiger partial charge in [0.1, 0.15) is 11.9 Å². The van der Waals surface area contributed by atoms with Crippen molar-refractivity contribution in [2.75, 3.05) is 13.1 Å². The van der Waals surface area contributed by atoms with Crippen molar-refractivity contribution in [1.29, 1.82) is 0 Å². The van der Waals surface area contributed by atoms with Crippen LogP contribution in [-0.2, 0) is 10.2 Å². The third-order valence-corrected chi connectivity index (χ3v) is 7.59. The van der Waals surface area contributed by atoms with E-state index < -0.39 is 6.10 Å². The van der Waals surface area contributed by atoms with Crippen molar-refractivity contribution in [1.82, 2.24) is 9.88 Å². The SMILES string of the molecule is Cc1ccc(C2(C(=O)N3C[C@H]4C[C@@H](Oc5ccc(C)nc5C)[C@H](O)C[C@H]4C3)CC2)cc1. The van der Waals surface area contributed by atoms with E-state index in [0.717, 1.165) is 55.1 Å². The molecule has 1 aliphatic heterocycles. The molecule has 5 nitrogen and oxygen atoms in total. The van der Waals surface area contributed by atoms with Crippen LogP contribution in [0.4, 0.5) is 0 Å². The smallest absolute Gasteiger partial charge is 0.233 e. The summed E-state index contributed by atoms with van der Waals surface area (Å²) in [5.41, 5.74) is 3.87. The number of likely N-dealkylation sites (tertiary alicyclic amines) is 1. The Bertz CT molecular complexity index is 983. The number of aliphatic hydroxyl groups excluding tert-OH is 1. The highest BCUT2D eigenvalue weighted by Gasteiger charge is 2.55. The lowest BCUT2D eigenvalue weighted by atomic mass is 9.78. The van der Waals surface area contributed by atoms with E-state index in [-0.39, 0.29) is 17.4 Å². The van der Waals surface area contributed by atoms with Gasteiger partial charge in [-0.25, -0.2) is 0 Å². The molecular weight excluding hydrogens is 388 g/mol. The number of fused-ring (bicyclic) bond motifs is 1. The molecule has 1 aromatic carbocycles. The summed E-state index contributed by atoms with van der Waals surface area (Å²) in [5.74, 6) is 1.75. The lowest BCUT2D eigenvalue weighted by Crippen LogP contribution is -2.42. The first-order valence-corrected chi connectivity index (χ1v) is 11.5. The van der Waals surface area contributed by atoms with Crippen molar-refractivity contribution in [2.24, 2.45) is 11.8 Å². The number of aliphatic hydroxyl groups is 1. The van der Waals surface area contributed by atoms with Gasteiger partial charge in [0, 0.05) is 18.8 Å². The number of pyridine rings is 1. The average molecular weight is 421 g/mol. The number of aromatic nitrogens is 1. The molecule has 1 aromatic heterocycles. The summed E-state index contributed by atoms with van der Waals surface area (Å²) in [7, 11) is 0. The summed E-state index contributed by atoms with van der Waals surface area (Å²) >= 11 is 0. The number of benzene rings is 1. The largest absolute Gasteiger partial charge is 0.486 e. The van der Waals surface area contributed by atoms with Crippen LogP contribution in [0.3, 0.4) is 0 Å². The van der Waals surface area contributed by atoms with Crippen LogP contribution in [0.25, 0.3) is 0 Å². The first-order valence-electron chi connectivity index (χ1n) is 11.5. The molecule has 5 heteroatoms. The van der Waals surface area contributed by atoms with Crippen molar-refractivity contribution >= 4 is 5.91 Å². The van der Waals surface area contributed by atoms with E-state index in [1.54, 1.807) is 0 Å². The van der Waals surface area contributed by atoms with Crippen LogP contribution in [-0.4, -0.2) is 46.2 Å². The first-order chi connectivity index (χ1) is 14.9. The Morgan fingerprint density at radius 1 is 1.03 bits per heavy atom. The molecule has 1 amide bonds. The van der Waals surface area contributed by atoms with E-state index in [2.05, 4.69) is 41.1 Å². The summed E-state index contributed by atoms with van der Waals surface area (Å²) in [6.45, 7) is 7.51. The quantitative estimate of drug-likeness (QED) is 0.819. The van der Waals surface area contributed by atoms with Crippen LogP contribution in [0, 0.1) is 32.6 Å². The molecule has 0 unspecified atom stereocenters. The number of ether oxygens (including phenoxy) is 1. The molecule has 4 atom stereocenters. The Labute approximate surface area is 184 Å². The fourth-order valence-corrected chi connectivity index (χ4v) is 5.57. The Balaban J connectivity index is 1.27. The van der Waals surface area contributed by atoms with E-state index in [9.17, 15) is 9.90 Å². The van der Waals surface area contributed by atoms with Crippen molar-refractivity contribution in [2.45, 2.75) is 64.1 Å². The second-order valence-corrected chi connectivity index (χ2v) is 9.91. The summed E-state index contributed by atoms with van der Waals surface area (Å²) in [5, 5.41) is 10.8. The second-order valence-electron chi connectivity index (χ2n) is 9.91. The van der Waals surface area contributed by atoms with Crippen LogP contribution < -0.4 is 4.74 Å². The Morgan fingerprint density at radius 3 is 2.35 bits per heavy atom. The molecule has 2 aliphatic carbocycles. The number of hydrogen-bond donors (Lipinski definition) is 1. The predicted molar refractivity (Wildman–Crippen MR) is 119 cm³/mol. The molecule has 31 heavy (non-hydrogen) atoms. The Morgan fingerprint density at radius 2 is 1.71 bits per heavy atom. The van der Waals surface area contributed by atoms with Crippen LogP contribution in [0.5, 0.6) is 5.75 Å². The van der Waals surface area contributed by atoms with Crippen molar-refractivity contribution in [3.05, 3.63) is 58.9 Å². The van der Waals surface area contributed by atoms with Crippen LogP contribution in [0.15, 0.2) is 36.4 Å². The zero-order valence-electron chi connectivity index (χ0n) is 18.7. The van der Waals surface area contributed by atoms with Crippen molar-refractivity contribution < 1.29 is 14.6 Å². The fraction of sp³-hybridized carbons (Fsp3) is 0.538. The molecule has 3 fully saturated rings. The minimum absolute atomic E-state index is 0.244. The van der Waals surface area contributed by atoms with Gasteiger partial charge in [0.2, 0.25) is 5.91 Å². The fourth-order valence-electron chi connectivity index (χ4n) is 5.57. The second kappa shape index (κ2) is 7.63. The molecule has 1 N–H and O–H groups in total. The number of carbonyl (C=O) groups is 1. The number of amides is 1. The maximum Gasteiger partial charge on any atom is 0.233 e. The van der Waals surface area contributed by atoms with E-state index in [1.165, 1.54) is 5.56 Å². The van der Waals surface area contributed by atoms with E-state index in [0.29, 0.717) is 18.3 Å². The molecule has 0 radical (unpaired) electrons. The monoisotopic (exact) mass is 420 g/mol. The lowest BCUT2D eigenvalue weighted by Gasteiger charge is -2.35. The molecule has 1 saturated heterocycles. The first kappa shape index (κ1) is 20.5. The molecule has 2 saturated carbocycles. The number of carbonyl (C=O) groups excluding carboxylic acids is 1. The zero-order valence-corrected chi connectivity index (χ0v) is 18.7. The lowest BCUT2D eigenvalue weighted by molar-refractivity contribution is -0.133. The Kier molecular flexibility index (Phi) is 5.04. The standard InChI is InChI=1S/C26H32N2O3/c1-16-4-7-21(8-5-16)26(10-11-26)25(30)28-14-19-12-22(29)24(13-20(19)15-28)31-23-9-6-17(2)27-18(23)3/h4-9,19-20,22,24,29H,10-15H2,1-3H3/t19-,20+,22+,24+/m0/s1. The zero-order chi connectivity index (χ0) is 21.8. The van der Waals surface area contributed by atoms with Gasteiger partial charge in [0.15, 0.2) is 0 Å². The van der Waals surface area contributed by atoms with E-state index >= 15 is 0 Å². The van der Waals surface area contributed by atoms with E-state index in [4.69, 9.17) is 4.74 Å². The third kappa shape index (κ3) is 3.73. The molecule has 164 valence electrons. The van der Waals surface area contributed by atoms with Gasteiger partial charge in [-0.2, -0.15) is 0 Å². The van der Waals surface area contributed by atoms with Crippen LogP contribution >= 0.6 is 0 Å². The third-order valence-electron chi connectivity index (χ3n) is 7.59. The number of hydrogen-bond acceptors (Lipinski definition) is 4. The van der Waals surface area contributed by atoms with Crippen LogP contribution in [0.2, 0.25) is 0 Å². The molecule has 3 aliphatic rings. The van der Waals surface area contributed by atoms with Gasteiger partial charge in [-0.15, -0.1) is 0 Å². The molecule has 5 rings (SSSR count). The molecule has 2 aromatic rings. The minimum Gasteiger partial charge on any atom is -0.486 e. The highest BCUT2D eigenvalue weighted by molar-refractivity contribution is 5.91. The predicted octanol–water partition coefficient (Wildman–Crippen LogP) is 3.72. The molecule has 0 bridgehead atoms. The Hall–Kier alpha value is -2.40. The molecule has 0 spiro atoms. The topological polar surface area (TPSA) is 62.7 Å². The summed E-state index contributed by atoms with van der Waals surface area (Å²) in [4.78, 5) is 20.1. The van der Waals surface area contributed by atoms with Gasteiger partial charge in [-0.1, -0.05) is 29.8 Å². The molecule has 2 heterocycles. The maximum absolute atomic E-state index is 13.5. The van der Waals surface area contributed by atoms with Gasteiger partial charge < -0.3 is 14.7 Å². The maximum atomic E-state index is 13.5.